The molecule has 0 aliphatic carbocycles. The maximum Gasteiger partial charge on any atom is 0.326 e. The molecular weight excluding hydrogens is 246 g/mol. The van der Waals surface area contributed by atoms with Crippen LogP contribution in [0.2, 0.25) is 0 Å². The lowest BCUT2D eigenvalue weighted by atomic mass is 10.2. The first kappa shape index (κ1) is 15.7. The van der Waals surface area contributed by atoms with Gasteiger partial charge in [-0.3, -0.25) is 9.59 Å². The Kier molecular flexibility index (Phi) is 6.18. The lowest BCUT2D eigenvalue weighted by Crippen LogP contribution is -2.52. The SMILES string of the molecule is CNC(=O)C(C)NC(=O)NC(CC(=O)O)C(=O)O. The minimum Gasteiger partial charge on any atom is -0.481 e. The zero-order valence-electron chi connectivity index (χ0n) is 9.89. The third-order valence-electron chi connectivity index (χ3n) is 1.97. The van der Waals surface area contributed by atoms with Crippen molar-refractivity contribution in [3.05, 3.63) is 0 Å². The number of urea groups is 1. The molecule has 0 bridgehead atoms. The van der Waals surface area contributed by atoms with E-state index in [4.69, 9.17) is 10.2 Å². The Hall–Kier alpha value is -2.32. The van der Waals surface area contributed by atoms with Crippen LogP contribution in [0.15, 0.2) is 0 Å². The lowest BCUT2D eigenvalue weighted by molar-refractivity contribution is -0.145. The Morgan fingerprint density at radius 1 is 1.11 bits per heavy atom. The number of aliphatic carboxylic acids is 2. The number of rotatable bonds is 6. The van der Waals surface area contributed by atoms with Gasteiger partial charge in [0.2, 0.25) is 5.91 Å². The van der Waals surface area contributed by atoms with Gasteiger partial charge in [0.15, 0.2) is 0 Å². The summed E-state index contributed by atoms with van der Waals surface area (Å²) in [4.78, 5) is 43.4. The number of amides is 3. The van der Waals surface area contributed by atoms with E-state index in [2.05, 4.69) is 10.6 Å². The monoisotopic (exact) mass is 261 g/mol. The molecular formula is C9H15N3O6. The number of hydrogen-bond acceptors (Lipinski definition) is 4. The van der Waals surface area contributed by atoms with Crippen molar-refractivity contribution in [2.24, 2.45) is 0 Å². The van der Waals surface area contributed by atoms with E-state index >= 15 is 0 Å². The highest BCUT2D eigenvalue weighted by atomic mass is 16.4. The van der Waals surface area contributed by atoms with E-state index in [1.54, 1.807) is 0 Å². The fraction of sp³-hybridized carbons (Fsp3) is 0.556. The third-order valence-corrected chi connectivity index (χ3v) is 1.97. The molecule has 5 N–H and O–H groups in total. The van der Waals surface area contributed by atoms with Gasteiger partial charge in [-0.15, -0.1) is 0 Å². The average molecular weight is 261 g/mol. The molecule has 0 radical (unpaired) electrons. The van der Waals surface area contributed by atoms with Crippen molar-refractivity contribution in [2.75, 3.05) is 7.05 Å². The predicted molar refractivity (Wildman–Crippen MR) is 58.9 cm³/mol. The van der Waals surface area contributed by atoms with Gasteiger partial charge in [0, 0.05) is 7.05 Å². The Bertz CT molecular complexity index is 356. The van der Waals surface area contributed by atoms with E-state index in [-0.39, 0.29) is 0 Å². The number of nitrogens with one attached hydrogen (secondary N) is 3. The molecule has 18 heavy (non-hydrogen) atoms. The molecule has 2 unspecified atom stereocenters. The van der Waals surface area contributed by atoms with Gasteiger partial charge in [-0.25, -0.2) is 9.59 Å². The summed E-state index contributed by atoms with van der Waals surface area (Å²) in [5.41, 5.74) is 0. The first-order chi connectivity index (χ1) is 8.27. The smallest absolute Gasteiger partial charge is 0.326 e. The molecule has 0 aromatic rings. The summed E-state index contributed by atoms with van der Waals surface area (Å²) >= 11 is 0. The van der Waals surface area contributed by atoms with Crippen molar-refractivity contribution in [3.8, 4) is 0 Å². The molecule has 9 heteroatoms. The molecule has 0 aliphatic heterocycles. The molecule has 3 amide bonds. The number of carboxylic acids is 2. The van der Waals surface area contributed by atoms with Crippen LogP contribution in [0.3, 0.4) is 0 Å². The normalized spacial score (nSPS) is 13.0. The van der Waals surface area contributed by atoms with Gasteiger partial charge in [0.25, 0.3) is 0 Å². The first-order valence-corrected chi connectivity index (χ1v) is 5.01. The Balaban J connectivity index is 4.38. The number of carboxylic acid groups (broad SMARTS) is 2. The van der Waals surface area contributed by atoms with Crippen LogP contribution in [0.1, 0.15) is 13.3 Å². The summed E-state index contributed by atoms with van der Waals surface area (Å²) in [6, 6.07) is -3.35. The van der Waals surface area contributed by atoms with Gasteiger partial charge < -0.3 is 26.2 Å². The van der Waals surface area contributed by atoms with Gasteiger partial charge in [-0.05, 0) is 6.92 Å². The standard InChI is InChI=1S/C9H15N3O6/c1-4(7(15)10-2)11-9(18)12-5(8(16)17)3-6(13)14/h4-5H,3H2,1-2H3,(H,10,15)(H,13,14)(H,16,17)(H2,11,12,18). The molecule has 0 spiro atoms. The fourth-order valence-corrected chi connectivity index (χ4v) is 1.05. The van der Waals surface area contributed by atoms with Crippen LogP contribution in [0.5, 0.6) is 0 Å². The van der Waals surface area contributed by atoms with E-state index in [1.807, 2.05) is 5.32 Å². The minimum absolute atomic E-state index is 0.463. The maximum atomic E-state index is 11.3. The maximum absolute atomic E-state index is 11.3. The van der Waals surface area contributed by atoms with Gasteiger partial charge in [-0.2, -0.15) is 0 Å². The highest BCUT2D eigenvalue weighted by Gasteiger charge is 2.24. The topological polar surface area (TPSA) is 145 Å². The van der Waals surface area contributed by atoms with E-state index in [0.717, 1.165) is 0 Å². The summed E-state index contributed by atoms with van der Waals surface area (Å²) in [6.45, 7) is 1.39. The van der Waals surface area contributed by atoms with E-state index in [1.165, 1.54) is 14.0 Å². The predicted octanol–water partition coefficient (Wildman–Crippen LogP) is -1.65. The highest BCUT2D eigenvalue weighted by molar-refractivity contribution is 5.89. The van der Waals surface area contributed by atoms with Crippen LogP contribution >= 0.6 is 0 Å². The summed E-state index contributed by atoms with van der Waals surface area (Å²) in [5, 5.41) is 23.5. The summed E-state index contributed by atoms with van der Waals surface area (Å²) < 4.78 is 0. The quantitative estimate of drug-likeness (QED) is 0.387. The van der Waals surface area contributed by atoms with E-state index in [9.17, 15) is 19.2 Å². The molecule has 0 rings (SSSR count). The largest absolute Gasteiger partial charge is 0.481 e. The van der Waals surface area contributed by atoms with Crippen LogP contribution in [-0.2, 0) is 14.4 Å². The molecule has 0 aliphatic rings. The van der Waals surface area contributed by atoms with Gasteiger partial charge in [-0.1, -0.05) is 0 Å². The van der Waals surface area contributed by atoms with Gasteiger partial charge in [0.1, 0.15) is 12.1 Å². The summed E-state index contributed by atoms with van der Waals surface area (Å²) in [7, 11) is 1.38. The van der Waals surface area contributed by atoms with Crippen LogP contribution in [0.25, 0.3) is 0 Å². The van der Waals surface area contributed by atoms with Crippen molar-refractivity contribution < 1.29 is 29.4 Å². The number of likely N-dealkylation sites (N-methyl/N-ethyl adjacent to an activating group) is 1. The molecule has 0 aromatic carbocycles. The molecule has 0 saturated heterocycles. The zero-order valence-corrected chi connectivity index (χ0v) is 9.89. The number of carbonyl (C=O) groups excluding carboxylic acids is 2. The second kappa shape index (κ2) is 7.09. The van der Waals surface area contributed by atoms with Gasteiger partial charge >= 0.3 is 18.0 Å². The second-order valence-corrected chi connectivity index (χ2v) is 3.44. The molecule has 102 valence electrons. The van der Waals surface area contributed by atoms with Crippen molar-refractivity contribution in [2.45, 2.75) is 25.4 Å². The van der Waals surface area contributed by atoms with E-state index in [0.29, 0.717) is 0 Å². The Labute approximate surface area is 103 Å². The Morgan fingerprint density at radius 2 is 1.67 bits per heavy atom. The van der Waals surface area contributed by atoms with Crippen LogP contribution < -0.4 is 16.0 Å². The zero-order chi connectivity index (χ0) is 14.3. The molecule has 2 atom stereocenters. The molecule has 0 aromatic heterocycles. The average Bonchev–Trinajstić information content (AvgIpc) is 2.25. The van der Waals surface area contributed by atoms with Crippen molar-refractivity contribution in [1.29, 1.82) is 0 Å². The third kappa shape index (κ3) is 5.68. The minimum atomic E-state index is -1.56. The molecule has 0 fully saturated rings. The molecule has 0 saturated carbocycles. The number of carbonyl (C=O) groups is 4. The summed E-state index contributed by atoms with van der Waals surface area (Å²) in [5.74, 6) is -3.29. The second-order valence-electron chi connectivity index (χ2n) is 3.44. The van der Waals surface area contributed by atoms with E-state index < -0.39 is 42.4 Å². The van der Waals surface area contributed by atoms with Crippen LogP contribution in [-0.4, -0.2) is 53.2 Å². The summed E-state index contributed by atoms with van der Waals surface area (Å²) in [6.07, 6.45) is -0.753. The highest BCUT2D eigenvalue weighted by Crippen LogP contribution is 1.93. The fourth-order valence-electron chi connectivity index (χ4n) is 1.05. The van der Waals surface area contributed by atoms with Crippen molar-refractivity contribution >= 4 is 23.9 Å². The molecule has 9 nitrogen and oxygen atoms in total. The lowest BCUT2D eigenvalue weighted by Gasteiger charge is -2.16. The first-order valence-electron chi connectivity index (χ1n) is 5.01. The van der Waals surface area contributed by atoms with Gasteiger partial charge in [0.05, 0.1) is 6.42 Å². The molecule has 0 heterocycles. The van der Waals surface area contributed by atoms with Crippen LogP contribution in [0, 0.1) is 0 Å². The van der Waals surface area contributed by atoms with Crippen molar-refractivity contribution in [3.63, 3.8) is 0 Å². The Morgan fingerprint density at radius 3 is 2.06 bits per heavy atom. The van der Waals surface area contributed by atoms with Crippen molar-refractivity contribution in [1.82, 2.24) is 16.0 Å². The number of hydrogen-bond donors (Lipinski definition) is 5. The van der Waals surface area contributed by atoms with Crippen LogP contribution in [0.4, 0.5) is 4.79 Å².